The molecule has 1 saturated carbocycles. The number of hydrogen-bond donors (Lipinski definition) is 2. The molecule has 1 fully saturated rings. The molecule has 0 aromatic rings. The third-order valence-corrected chi connectivity index (χ3v) is 3.43. The highest BCUT2D eigenvalue weighted by molar-refractivity contribution is 5.72. The number of hydrogen-bond acceptors (Lipinski definition) is 2. The lowest BCUT2D eigenvalue weighted by atomic mass is 9.82. The lowest BCUT2D eigenvalue weighted by Gasteiger charge is -2.25. The fraction of sp³-hybridized carbons (Fsp3) is 0.917. The van der Waals surface area contributed by atoms with Crippen LogP contribution in [-0.2, 0) is 4.79 Å². The van der Waals surface area contributed by atoms with E-state index in [4.69, 9.17) is 10.8 Å². The minimum absolute atomic E-state index is 0.444. The zero-order valence-electron chi connectivity index (χ0n) is 9.61. The lowest BCUT2D eigenvalue weighted by Crippen LogP contribution is -2.32. The fourth-order valence-electron chi connectivity index (χ4n) is 2.62. The Morgan fingerprint density at radius 2 is 2.00 bits per heavy atom. The van der Waals surface area contributed by atoms with Crippen LogP contribution in [0.15, 0.2) is 0 Å². The van der Waals surface area contributed by atoms with Crippen molar-refractivity contribution in [1.29, 1.82) is 0 Å². The average molecular weight is 213 g/mol. The van der Waals surface area contributed by atoms with Gasteiger partial charge in [0.15, 0.2) is 0 Å². The van der Waals surface area contributed by atoms with Crippen molar-refractivity contribution >= 4 is 5.97 Å². The van der Waals surface area contributed by atoms with Crippen LogP contribution < -0.4 is 5.73 Å². The molecule has 0 aliphatic heterocycles. The van der Waals surface area contributed by atoms with Crippen molar-refractivity contribution in [3.63, 3.8) is 0 Å². The van der Waals surface area contributed by atoms with E-state index >= 15 is 0 Å². The molecular weight excluding hydrogens is 190 g/mol. The van der Waals surface area contributed by atoms with Crippen LogP contribution in [0.2, 0.25) is 0 Å². The SMILES string of the molecule is CC(CC1CCCCC1)C[C@H](N)C(=O)O. The van der Waals surface area contributed by atoms with Crippen LogP contribution >= 0.6 is 0 Å². The number of nitrogens with two attached hydrogens (primary N) is 1. The van der Waals surface area contributed by atoms with Gasteiger partial charge in [-0.15, -0.1) is 0 Å². The second-order valence-electron chi connectivity index (χ2n) is 5.03. The molecule has 1 rings (SSSR count). The van der Waals surface area contributed by atoms with E-state index in [2.05, 4.69) is 6.92 Å². The number of carboxylic acids is 1. The van der Waals surface area contributed by atoms with Gasteiger partial charge >= 0.3 is 5.97 Å². The van der Waals surface area contributed by atoms with Crippen LogP contribution in [-0.4, -0.2) is 17.1 Å². The van der Waals surface area contributed by atoms with Gasteiger partial charge in [-0.1, -0.05) is 39.0 Å². The monoisotopic (exact) mass is 213 g/mol. The van der Waals surface area contributed by atoms with Crippen molar-refractivity contribution in [2.75, 3.05) is 0 Å². The zero-order valence-corrected chi connectivity index (χ0v) is 9.61. The minimum atomic E-state index is -0.870. The summed E-state index contributed by atoms with van der Waals surface area (Å²) in [6, 6.07) is -0.677. The maximum Gasteiger partial charge on any atom is 0.320 e. The van der Waals surface area contributed by atoms with Crippen LogP contribution in [0.1, 0.15) is 51.9 Å². The van der Waals surface area contributed by atoms with Crippen LogP contribution in [0.5, 0.6) is 0 Å². The zero-order chi connectivity index (χ0) is 11.3. The van der Waals surface area contributed by atoms with Crippen molar-refractivity contribution in [2.45, 2.75) is 57.9 Å². The predicted octanol–water partition coefficient (Wildman–Crippen LogP) is 2.39. The summed E-state index contributed by atoms with van der Waals surface area (Å²) in [5.74, 6) is 0.388. The van der Waals surface area contributed by atoms with Gasteiger partial charge in [-0.2, -0.15) is 0 Å². The molecule has 2 atom stereocenters. The van der Waals surface area contributed by atoms with E-state index in [-0.39, 0.29) is 0 Å². The molecule has 0 bridgehead atoms. The quantitative estimate of drug-likeness (QED) is 0.737. The topological polar surface area (TPSA) is 63.3 Å². The highest BCUT2D eigenvalue weighted by atomic mass is 16.4. The van der Waals surface area contributed by atoms with E-state index in [1.807, 2.05) is 0 Å². The molecule has 1 aliphatic carbocycles. The molecule has 3 nitrogen and oxygen atoms in total. The molecule has 0 saturated heterocycles. The Labute approximate surface area is 92.0 Å². The molecule has 1 unspecified atom stereocenters. The number of carboxylic acid groups (broad SMARTS) is 1. The molecule has 0 amide bonds. The van der Waals surface area contributed by atoms with Gasteiger partial charge in [-0.3, -0.25) is 4.79 Å². The Morgan fingerprint density at radius 3 is 2.53 bits per heavy atom. The Kier molecular flexibility index (Phi) is 5.09. The van der Waals surface area contributed by atoms with E-state index < -0.39 is 12.0 Å². The second-order valence-corrected chi connectivity index (χ2v) is 5.03. The van der Waals surface area contributed by atoms with Crippen molar-refractivity contribution in [1.82, 2.24) is 0 Å². The molecular formula is C12H23NO2. The maximum atomic E-state index is 10.6. The highest BCUT2D eigenvalue weighted by Gasteiger charge is 2.20. The molecule has 3 heteroatoms. The van der Waals surface area contributed by atoms with E-state index in [9.17, 15) is 4.79 Å². The molecule has 0 heterocycles. The first-order valence-electron chi connectivity index (χ1n) is 6.08. The number of rotatable bonds is 5. The summed E-state index contributed by atoms with van der Waals surface area (Å²) in [4.78, 5) is 10.6. The summed E-state index contributed by atoms with van der Waals surface area (Å²) >= 11 is 0. The molecule has 15 heavy (non-hydrogen) atoms. The van der Waals surface area contributed by atoms with Gasteiger partial charge in [0.1, 0.15) is 6.04 Å². The normalized spacial score (nSPS) is 22.3. The molecule has 88 valence electrons. The van der Waals surface area contributed by atoms with Gasteiger partial charge in [0.05, 0.1) is 0 Å². The third-order valence-electron chi connectivity index (χ3n) is 3.43. The third kappa shape index (κ3) is 4.65. The van der Waals surface area contributed by atoms with Crippen molar-refractivity contribution in [3.8, 4) is 0 Å². The summed E-state index contributed by atoms with van der Waals surface area (Å²) in [5, 5.41) is 8.71. The highest BCUT2D eigenvalue weighted by Crippen LogP contribution is 2.30. The molecule has 1 aliphatic rings. The summed E-state index contributed by atoms with van der Waals surface area (Å²) in [6.07, 6.45) is 8.50. The van der Waals surface area contributed by atoms with Crippen LogP contribution in [0.3, 0.4) is 0 Å². The summed E-state index contributed by atoms with van der Waals surface area (Å²) in [7, 11) is 0. The van der Waals surface area contributed by atoms with Crippen LogP contribution in [0.25, 0.3) is 0 Å². The van der Waals surface area contributed by atoms with Crippen molar-refractivity contribution < 1.29 is 9.90 Å². The van der Waals surface area contributed by atoms with Gasteiger partial charge in [0.25, 0.3) is 0 Å². The van der Waals surface area contributed by atoms with E-state index in [1.165, 1.54) is 32.1 Å². The van der Waals surface area contributed by atoms with E-state index in [1.54, 1.807) is 0 Å². The summed E-state index contributed by atoms with van der Waals surface area (Å²) in [5.41, 5.74) is 5.52. The Hall–Kier alpha value is -0.570. The molecule has 0 radical (unpaired) electrons. The minimum Gasteiger partial charge on any atom is -0.480 e. The number of aliphatic carboxylic acids is 1. The van der Waals surface area contributed by atoms with Gasteiger partial charge in [-0.05, 0) is 24.7 Å². The Balaban J connectivity index is 2.22. The molecule has 3 N–H and O–H groups in total. The van der Waals surface area contributed by atoms with Gasteiger partial charge < -0.3 is 10.8 Å². The fourth-order valence-corrected chi connectivity index (χ4v) is 2.62. The first-order valence-corrected chi connectivity index (χ1v) is 6.08. The van der Waals surface area contributed by atoms with Gasteiger partial charge in [0, 0.05) is 0 Å². The van der Waals surface area contributed by atoms with Gasteiger partial charge in [-0.25, -0.2) is 0 Å². The Morgan fingerprint density at radius 1 is 1.40 bits per heavy atom. The molecule has 0 aromatic heterocycles. The lowest BCUT2D eigenvalue weighted by molar-refractivity contribution is -0.138. The summed E-state index contributed by atoms with van der Waals surface area (Å²) < 4.78 is 0. The van der Waals surface area contributed by atoms with E-state index in [0.717, 1.165) is 12.3 Å². The average Bonchev–Trinajstić information content (AvgIpc) is 2.18. The second kappa shape index (κ2) is 6.11. The van der Waals surface area contributed by atoms with Crippen LogP contribution in [0.4, 0.5) is 0 Å². The van der Waals surface area contributed by atoms with Gasteiger partial charge in [0.2, 0.25) is 0 Å². The smallest absolute Gasteiger partial charge is 0.320 e. The standard InChI is InChI=1S/C12H23NO2/c1-9(8-11(13)12(14)15)7-10-5-3-2-4-6-10/h9-11H,2-8,13H2,1H3,(H,14,15)/t9?,11-/m0/s1. The first-order chi connectivity index (χ1) is 7.09. The summed E-state index contributed by atoms with van der Waals surface area (Å²) in [6.45, 7) is 2.12. The van der Waals surface area contributed by atoms with E-state index in [0.29, 0.717) is 12.3 Å². The number of carbonyl (C=O) groups is 1. The predicted molar refractivity (Wildman–Crippen MR) is 60.6 cm³/mol. The van der Waals surface area contributed by atoms with Crippen molar-refractivity contribution in [3.05, 3.63) is 0 Å². The maximum absolute atomic E-state index is 10.6. The first kappa shape index (κ1) is 12.5. The molecule has 0 aromatic carbocycles. The van der Waals surface area contributed by atoms with Crippen LogP contribution in [0, 0.1) is 11.8 Å². The Bertz CT molecular complexity index is 200. The molecule has 0 spiro atoms. The largest absolute Gasteiger partial charge is 0.480 e. The van der Waals surface area contributed by atoms with Crippen molar-refractivity contribution in [2.24, 2.45) is 17.6 Å².